The Bertz CT molecular complexity index is 4380. The summed E-state index contributed by atoms with van der Waals surface area (Å²) in [7, 11) is 0. The van der Waals surface area contributed by atoms with Crippen molar-refractivity contribution in [3.8, 4) is 78.4 Å². The largest absolute Gasteiger partial charge is 0.308 e. The Morgan fingerprint density at radius 3 is 0.816 bits per heavy atom. The minimum atomic E-state index is 1.14. The molecule has 0 aliphatic rings. The number of hydrogen-bond donors (Lipinski definition) is 0. The Labute approximate surface area is 441 Å². The fourth-order valence-corrected chi connectivity index (χ4v) is 12.5. The fourth-order valence-electron chi connectivity index (χ4n) is 12.5. The molecule has 2 nitrogen and oxygen atoms in total. The number of aromatic nitrogens is 2. The van der Waals surface area contributed by atoms with Crippen molar-refractivity contribution in [1.29, 1.82) is 0 Å². The molecule has 0 amide bonds. The second kappa shape index (κ2) is 17.9. The minimum Gasteiger partial charge on any atom is -0.308 e. The molecule has 0 aliphatic carbocycles. The first-order valence-electron chi connectivity index (χ1n) is 26.3. The zero-order valence-corrected chi connectivity index (χ0v) is 41.6. The third kappa shape index (κ3) is 6.89. The molecule has 2 heterocycles. The first-order chi connectivity index (χ1) is 37.8. The average molecular weight is 965 g/mol. The van der Waals surface area contributed by atoms with Crippen LogP contribution in [0.25, 0.3) is 143 Å². The van der Waals surface area contributed by atoms with Crippen LogP contribution in [0.2, 0.25) is 0 Å². The number of nitrogens with zero attached hydrogens (tertiary/aromatic N) is 2. The van der Waals surface area contributed by atoms with E-state index < -0.39 is 0 Å². The van der Waals surface area contributed by atoms with Crippen molar-refractivity contribution >= 4 is 64.9 Å². The van der Waals surface area contributed by atoms with Gasteiger partial charge < -0.3 is 9.13 Å². The maximum atomic E-state index is 2.56. The molecule has 0 radical (unpaired) electrons. The highest BCUT2D eigenvalue weighted by molar-refractivity contribution is 6.28. The normalized spacial score (nSPS) is 11.7. The van der Waals surface area contributed by atoms with Crippen LogP contribution in [-0.4, -0.2) is 9.13 Å². The van der Waals surface area contributed by atoms with Gasteiger partial charge in [-0.25, -0.2) is 0 Å². The molecule has 0 saturated carbocycles. The average Bonchev–Trinajstić information content (AvgIpc) is 4.17. The summed E-state index contributed by atoms with van der Waals surface area (Å²) in [5.41, 5.74) is 18.7. The monoisotopic (exact) mass is 964 g/mol. The van der Waals surface area contributed by atoms with Gasteiger partial charge in [-0.2, -0.15) is 0 Å². The van der Waals surface area contributed by atoms with Gasteiger partial charge in [-0.3, -0.25) is 0 Å². The Morgan fingerprint density at radius 2 is 0.461 bits per heavy atom. The van der Waals surface area contributed by atoms with E-state index in [1.165, 1.54) is 98.4 Å². The van der Waals surface area contributed by atoms with Crippen LogP contribution < -0.4 is 0 Å². The van der Waals surface area contributed by atoms with E-state index in [0.717, 1.165) is 44.9 Å². The van der Waals surface area contributed by atoms with Gasteiger partial charge in [0.1, 0.15) is 0 Å². The molecular formula is C74H48N2. The van der Waals surface area contributed by atoms with Crippen molar-refractivity contribution in [3.63, 3.8) is 0 Å². The zero-order valence-electron chi connectivity index (χ0n) is 41.6. The fraction of sp³-hybridized carbons (Fsp3) is 0. The van der Waals surface area contributed by atoms with Gasteiger partial charge in [0.05, 0.1) is 33.8 Å². The number of fused-ring (bicyclic) bond motifs is 6. The summed E-state index contributed by atoms with van der Waals surface area (Å²) in [6.07, 6.45) is 0. The van der Waals surface area contributed by atoms with Crippen molar-refractivity contribution < 1.29 is 0 Å². The number of hydrogen-bond acceptors (Lipinski definition) is 0. The molecular weight excluding hydrogens is 917 g/mol. The molecule has 0 fully saturated rings. The number of rotatable bonds is 8. The van der Waals surface area contributed by atoms with Crippen LogP contribution in [0.3, 0.4) is 0 Å². The van der Waals surface area contributed by atoms with Crippen molar-refractivity contribution in [1.82, 2.24) is 9.13 Å². The Hall–Kier alpha value is -10.0. The molecule has 0 saturated heterocycles. The van der Waals surface area contributed by atoms with E-state index >= 15 is 0 Å². The molecule has 76 heavy (non-hydrogen) atoms. The maximum absolute atomic E-state index is 2.56. The molecule has 0 aliphatic heterocycles. The predicted molar refractivity (Wildman–Crippen MR) is 323 cm³/mol. The third-order valence-electron chi connectivity index (χ3n) is 15.6. The number of benzene rings is 13. The van der Waals surface area contributed by atoms with Crippen LogP contribution in [-0.2, 0) is 0 Å². The molecule has 2 aromatic heterocycles. The second-order valence-electron chi connectivity index (χ2n) is 19.9. The summed E-state index contributed by atoms with van der Waals surface area (Å²) in [6.45, 7) is 0. The highest BCUT2D eigenvalue weighted by Gasteiger charge is 2.28. The van der Waals surface area contributed by atoms with Gasteiger partial charge >= 0.3 is 0 Å². The van der Waals surface area contributed by atoms with E-state index in [1.54, 1.807) is 0 Å². The predicted octanol–water partition coefficient (Wildman–Crippen LogP) is 20.2. The molecule has 13 aromatic carbocycles. The lowest BCUT2D eigenvalue weighted by atomic mass is 9.84. The highest BCUT2D eigenvalue weighted by Crippen LogP contribution is 2.53. The van der Waals surface area contributed by atoms with Gasteiger partial charge in [-0.1, -0.05) is 255 Å². The Kier molecular flexibility index (Phi) is 10.2. The van der Waals surface area contributed by atoms with Crippen molar-refractivity contribution in [2.45, 2.75) is 0 Å². The van der Waals surface area contributed by atoms with Crippen LogP contribution in [0.1, 0.15) is 0 Å². The zero-order chi connectivity index (χ0) is 50.1. The van der Waals surface area contributed by atoms with E-state index in [4.69, 9.17) is 0 Å². The molecule has 0 unspecified atom stereocenters. The van der Waals surface area contributed by atoms with E-state index in [0.29, 0.717) is 0 Å². The summed E-state index contributed by atoms with van der Waals surface area (Å²) in [5.74, 6) is 0. The molecule has 0 spiro atoms. The third-order valence-corrected chi connectivity index (χ3v) is 15.6. The first-order valence-corrected chi connectivity index (χ1v) is 26.3. The van der Waals surface area contributed by atoms with E-state index in [9.17, 15) is 0 Å². The molecule has 0 bridgehead atoms. The smallest absolute Gasteiger partial charge is 0.0619 e. The molecule has 15 aromatic rings. The quantitative estimate of drug-likeness (QED) is 0.134. The van der Waals surface area contributed by atoms with Crippen molar-refractivity contribution in [3.05, 3.63) is 291 Å². The maximum Gasteiger partial charge on any atom is 0.0619 e. The van der Waals surface area contributed by atoms with E-state index in [-0.39, 0.29) is 0 Å². The van der Waals surface area contributed by atoms with Crippen LogP contribution in [0.5, 0.6) is 0 Å². The van der Waals surface area contributed by atoms with Crippen molar-refractivity contribution in [2.24, 2.45) is 0 Å². The Balaban J connectivity index is 1.20. The van der Waals surface area contributed by atoms with E-state index in [1.807, 2.05) is 0 Å². The topological polar surface area (TPSA) is 9.86 Å². The van der Waals surface area contributed by atoms with Crippen molar-refractivity contribution in [2.75, 3.05) is 0 Å². The second-order valence-corrected chi connectivity index (χ2v) is 19.9. The SMILES string of the molecule is c1ccc(-c2c3cc4c(-c5ccccc5)c(-c5ccccc5)n(-c5cccc6ccccc56)c4cc3c(-c3ccccc3)c3cc4c(-c5ccccc5)c(-c5ccccc5)n(-c5cccc6ccccc56)c4cc23)cc1. The summed E-state index contributed by atoms with van der Waals surface area (Å²) >= 11 is 0. The lowest BCUT2D eigenvalue weighted by molar-refractivity contribution is 1.15. The molecule has 2 heteroatoms. The van der Waals surface area contributed by atoms with Crippen LogP contribution in [0.15, 0.2) is 291 Å². The van der Waals surface area contributed by atoms with Gasteiger partial charge in [-0.05, 0) is 113 Å². The van der Waals surface area contributed by atoms with Crippen LogP contribution in [0.4, 0.5) is 0 Å². The standard InChI is InChI=1S/C74H48N2/c1-7-27-51(28-8-1)69-59-45-63-68(76(66-44-24-40-50-26-20-22-42-58(50)66)73(55-35-15-5-16-36-55)71(63)53-31-11-3-12-32-53)48-62(59)70(52-29-9-2-10-30-52)60-46-64-67(47-61(60)69)75(65-43-23-39-49-25-19-21-41-57(49)65)74(56-37-17-6-18-38-56)72(64)54-33-13-4-14-34-54/h1-48H. The molecule has 354 valence electrons. The van der Waals surface area contributed by atoms with Gasteiger partial charge in [0.25, 0.3) is 0 Å². The molecule has 0 N–H and O–H groups in total. The van der Waals surface area contributed by atoms with Gasteiger partial charge in [0.15, 0.2) is 0 Å². The lowest BCUT2D eigenvalue weighted by Crippen LogP contribution is -1.99. The lowest BCUT2D eigenvalue weighted by Gasteiger charge is -2.20. The van der Waals surface area contributed by atoms with Crippen LogP contribution >= 0.6 is 0 Å². The van der Waals surface area contributed by atoms with E-state index in [2.05, 4.69) is 300 Å². The minimum absolute atomic E-state index is 1.14. The summed E-state index contributed by atoms with van der Waals surface area (Å²) < 4.78 is 5.12. The first kappa shape index (κ1) is 43.6. The van der Waals surface area contributed by atoms with Gasteiger partial charge in [0.2, 0.25) is 0 Å². The summed E-state index contributed by atoms with van der Waals surface area (Å²) in [5, 5.41) is 12.0. The Morgan fingerprint density at radius 1 is 0.184 bits per heavy atom. The molecule has 15 rings (SSSR count). The van der Waals surface area contributed by atoms with Gasteiger partial charge in [-0.15, -0.1) is 0 Å². The highest BCUT2D eigenvalue weighted by atomic mass is 15.0. The van der Waals surface area contributed by atoms with Crippen LogP contribution in [0, 0.1) is 0 Å². The molecule has 0 atom stereocenters. The van der Waals surface area contributed by atoms with Gasteiger partial charge in [0, 0.05) is 32.7 Å². The summed E-state index contributed by atoms with van der Waals surface area (Å²) in [6, 6.07) is 107. The summed E-state index contributed by atoms with van der Waals surface area (Å²) in [4.78, 5) is 0.